The van der Waals surface area contributed by atoms with Crippen LogP contribution in [0.1, 0.15) is 29.9 Å². The summed E-state index contributed by atoms with van der Waals surface area (Å²) in [6, 6.07) is 4.06. The third-order valence-electron chi connectivity index (χ3n) is 3.19. The smallest absolute Gasteiger partial charge is 0.339 e. The van der Waals surface area contributed by atoms with Crippen LogP contribution in [-0.2, 0) is 9.53 Å². The van der Waals surface area contributed by atoms with Gasteiger partial charge >= 0.3 is 5.97 Å². The van der Waals surface area contributed by atoms with E-state index < -0.39 is 22.9 Å². The van der Waals surface area contributed by atoms with Crippen molar-refractivity contribution in [2.24, 2.45) is 0 Å². The van der Waals surface area contributed by atoms with Crippen molar-refractivity contribution in [2.75, 3.05) is 6.54 Å². The topological polar surface area (TPSA) is 111 Å². The number of esters is 1. The summed E-state index contributed by atoms with van der Waals surface area (Å²) in [5.74, 6) is -1.23. The molecular weight excluding hydrogens is 378 g/mol. The number of rotatable bonds is 7. The summed E-state index contributed by atoms with van der Waals surface area (Å²) in [4.78, 5) is 39.2. The molecule has 0 bridgehead atoms. The average Bonchev–Trinajstić information content (AvgIpc) is 3.00. The number of nitro benzene ring substituents is 1. The Balaban J connectivity index is 2.20. The molecule has 0 radical (unpaired) electrons. The molecule has 0 saturated carbocycles. The van der Waals surface area contributed by atoms with Gasteiger partial charge in [-0.25, -0.2) is 9.78 Å². The van der Waals surface area contributed by atoms with E-state index in [-0.39, 0.29) is 11.3 Å². The molecule has 138 valence electrons. The van der Waals surface area contributed by atoms with Gasteiger partial charge in [-0.3, -0.25) is 14.9 Å². The summed E-state index contributed by atoms with van der Waals surface area (Å²) in [6.45, 7) is 5.43. The highest BCUT2D eigenvalue weighted by Gasteiger charge is 2.23. The normalized spacial score (nSPS) is 11.7. The fourth-order valence-electron chi connectivity index (χ4n) is 1.95. The monoisotopic (exact) mass is 395 g/mol. The van der Waals surface area contributed by atoms with E-state index in [1.54, 1.807) is 6.92 Å². The number of thiazole rings is 1. The Bertz CT molecular complexity index is 837. The van der Waals surface area contributed by atoms with E-state index in [9.17, 15) is 19.7 Å². The molecule has 0 saturated heterocycles. The van der Waals surface area contributed by atoms with Crippen LogP contribution in [0.25, 0.3) is 0 Å². The van der Waals surface area contributed by atoms with E-state index in [0.717, 1.165) is 23.5 Å². The van der Waals surface area contributed by atoms with Crippen molar-refractivity contribution >= 4 is 40.7 Å². The van der Waals surface area contributed by atoms with Gasteiger partial charge in [-0.05, 0) is 32.9 Å². The zero-order valence-corrected chi connectivity index (χ0v) is 16.0. The highest BCUT2D eigenvalue weighted by atomic mass is 32.2. The largest absolute Gasteiger partial charge is 0.449 e. The summed E-state index contributed by atoms with van der Waals surface area (Å²) in [5, 5.41) is 15.8. The van der Waals surface area contributed by atoms with Gasteiger partial charge in [-0.2, -0.15) is 0 Å². The second kappa shape index (κ2) is 8.77. The minimum Gasteiger partial charge on any atom is -0.449 e. The zero-order valence-electron chi connectivity index (χ0n) is 14.3. The van der Waals surface area contributed by atoms with Crippen LogP contribution >= 0.6 is 23.1 Å². The second-order valence-corrected chi connectivity index (χ2v) is 7.39. The summed E-state index contributed by atoms with van der Waals surface area (Å²) in [5.41, 5.74) is 0.621. The van der Waals surface area contributed by atoms with Gasteiger partial charge in [0.2, 0.25) is 0 Å². The van der Waals surface area contributed by atoms with Crippen LogP contribution in [-0.4, -0.2) is 34.4 Å². The number of carbonyl (C=O) groups excluding carboxylic acids is 2. The van der Waals surface area contributed by atoms with Crippen LogP contribution in [0.2, 0.25) is 0 Å². The van der Waals surface area contributed by atoms with E-state index in [1.807, 2.05) is 12.3 Å². The zero-order chi connectivity index (χ0) is 19.3. The van der Waals surface area contributed by atoms with Crippen LogP contribution in [0.15, 0.2) is 32.8 Å². The minimum absolute atomic E-state index is 0.00696. The Morgan fingerprint density at radius 1 is 1.46 bits per heavy atom. The molecule has 1 N–H and O–H groups in total. The molecule has 10 heteroatoms. The van der Waals surface area contributed by atoms with Crippen molar-refractivity contribution in [1.29, 1.82) is 0 Å². The lowest BCUT2D eigenvalue weighted by Crippen LogP contribution is -2.35. The number of hydrogen-bond donors (Lipinski definition) is 1. The molecule has 1 aromatic heterocycles. The first-order chi connectivity index (χ1) is 12.3. The molecule has 0 aliphatic heterocycles. The summed E-state index contributed by atoms with van der Waals surface area (Å²) >= 11 is 2.54. The minimum atomic E-state index is -0.992. The van der Waals surface area contributed by atoms with Gasteiger partial charge < -0.3 is 10.1 Å². The number of nitrogens with one attached hydrogen (secondary N) is 1. The number of aromatic nitrogens is 1. The Morgan fingerprint density at radius 3 is 2.77 bits per heavy atom. The average molecular weight is 395 g/mol. The highest BCUT2D eigenvalue weighted by molar-refractivity contribution is 8.01. The van der Waals surface area contributed by atoms with Gasteiger partial charge in [-0.1, -0.05) is 11.8 Å². The van der Waals surface area contributed by atoms with Gasteiger partial charge in [0.25, 0.3) is 11.6 Å². The van der Waals surface area contributed by atoms with Crippen LogP contribution in [0.5, 0.6) is 0 Å². The van der Waals surface area contributed by atoms with Crippen LogP contribution in [0, 0.1) is 17.0 Å². The van der Waals surface area contributed by atoms with Gasteiger partial charge in [0.1, 0.15) is 0 Å². The number of benzene rings is 1. The molecule has 0 fully saturated rings. The Hall–Kier alpha value is -2.46. The maximum absolute atomic E-state index is 12.2. The Morgan fingerprint density at radius 2 is 2.19 bits per heavy atom. The molecule has 2 aromatic rings. The van der Waals surface area contributed by atoms with Crippen LogP contribution in [0.4, 0.5) is 5.69 Å². The van der Waals surface area contributed by atoms with E-state index in [4.69, 9.17) is 4.74 Å². The van der Waals surface area contributed by atoms with Crippen molar-refractivity contribution in [3.8, 4) is 0 Å². The number of likely N-dealkylation sites (N-methyl/N-ethyl adjacent to an activating group) is 1. The van der Waals surface area contributed by atoms with Crippen molar-refractivity contribution < 1.29 is 19.2 Å². The van der Waals surface area contributed by atoms with Gasteiger partial charge in [0, 0.05) is 23.7 Å². The second-order valence-electron chi connectivity index (χ2n) is 5.24. The Kier molecular flexibility index (Phi) is 6.70. The molecule has 1 atom stereocenters. The van der Waals surface area contributed by atoms with E-state index in [0.29, 0.717) is 15.8 Å². The number of aryl methyl sites for hydroxylation is 1. The molecule has 0 aliphatic rings. The maximum atomic E-state index is 12.2. The van der Waals surface area contributed by atoms with Crippen molar-refractivity contribution in [3.05, 3.63) is 45.0 Å². The first kappa shape index (κ1) is 19.9. The fourth-order valence-corrected chi connectivity index (χ4v) is 3.83. The van der Waals surface area contributed by atoms with Gasteiger partial charge in [0.05, 0.1) is 15.4 Å². The lowest BCUT2D eigenvalue weighted by atomic mass is 10.2. The molecule has 0 spiro atoms. The number of nitrogens with zero attached hydrogens (tertiary/aromatic N) is 2. The van der Waals surface area contributed by atoms with E-state index >= 15 is 0 Å². The molecule has 8 nitrogen and oxygen atoms in total. The molecule has 2 rings (SSSR count). The summed E-state index contributed by atoms with van der Waals surface area (Å²) in [6.07, 6.45) is -0.992. The van der Waals surface area contributed by atoms with Crippen LogP contribution in [0.3, 0.4) is 0 Å². The predicted molar refractivity (Wildman–Crippen MR) is 97.6 cm³/mol. The Labute approximate surface area is 158 Å². The van der Waals surface area contributed by atoms with Gasteiger partial charge in [0.15, 0.2) is 10.4 Å². The maximum Gasteiger partial charge on any atom is 0.339 e. The highest BCUT2D eigenvalue weighted by Crippen LogP contribution is 2.36. The first-order valence-corrected chi connectivity index (χ1v) is 9.38. The molecule has 1 amide bonds. The molecule has 1 aromatic carbocycles. The van der Waals surface area contributed by atoms with Gasteiger partial charge in [-0.15, -0.1) is 11.3 Å². The molecule has 1 heterocycles. The standard InChI is InChI=1S/C16H17N3O5S2/c1-4-17-14(20)10(3)24-15(21)11-5-6-13(12(7-11)19(22)23)26-16-18-9(2)8-25-16/h5-8,10H,4H2,1-3H3,(H,17,20)/t10-/m1/s1. The first-order valence-electron chi connectivity index (χ1n) is 7.69. The number of nitro groups is 1. The molecule has 0 unspecified atom stereocenters. The third-order valence-corrected chi connectivity index (χ3v) is 5.31. The predicted octanol–water partition coefficient (Wildman–Crippen LogP) is 3.19. The number of hydrogen-bond acceptors (Lipinski definition) is 8. The van der Waals surface area contributed by atoms with E-state index in [2.05, 4.69) is 10.3 Å². The molecule has 26 heavy (non-hydrogen) atoms. The number of carbonyl (C=O) groups is 2. The lowest BCUT2D eigenvalue weighted by molar-refractivity contribution is -0.387. The summed E-state index contributed by atoms with van der Waals surface area (Å²) < 4.78 is 5.73. The number of amides is 1. The van der Waals surface area contributed by atoms with Crippen LogP contribution < -0.4 is 5.32 Å². The molecule has 0 aliphatic carbocycles. The summed E-state index contributed by atoms with van der Waals surface area (Å²) in [7, 11) is 0. The lowest BCUT2D eigenvalue weighted by Gasteiger charge is -2.12. The number of ether oxygens (including phenoxy) is 1. The van der Waals surface area contributed by atoms with E-state index in [1.165, 1.54) is 30.4 Å². The fraction of sp³-hybridized carbons (Fsp3) is 0.312. The van der Waals surface area contributed by atoms with Crippen molar-refractivity contribution in [2.45, 2.75) is 36.1 Å². The molecular formula is C16H17N3O5S2. The van der Waals surface area contributed by atoms with Crippen molar-refractivity contribution in [3.63, 3.8) is 0 Å². The SMILES string of the molecule is CCNC(=O)[C@@H](C)OC(=O)c1ccc(Sc2nc(C)cs2)c([N+](=O)[O-])c1. The van der Waals surface area contributed by atoms with Crippen molar-refractivity contribution in [1.82, 2.24) is 10.3 Å². The quantitative estimate of drug-likeness (QED) is 0.435. The third kappa shape index (κ3) is 5.02.